The predicted octanol–water partition coefficient (Wildman–Crippen LogP) is 4.59. The molecule has 0 aliphatic carbocycles. The van der Waals surface area contributed by atoms with Gasteiger partial charge in [0, 0.05) is 25.9 Å². The van der Waals surface area contributed by atoms with Crippen molar-refractivity contribution < 1.29 is 27.8 Å². The van der Waals surface area contributed by atoms with Gasteiger partial charge in [0.2, 0.25) is 0 Å². The van der Waals surface area contributed by atoms with Crippen molar-refractivity contribution in [3.63, 3.8) is 0 Å². The quantitative estimate of drug-likeness (QED) is 0.677. The van der Waals surface area contributed by atoms with Crippen molar-refractivity contribution in [2.45, 2.75) is 38.3 Å². The lowest BCUT2D eigenvalue weighted by Gasteiger charge is -2.19. The molecule has 0 fully saturated rings. The predicted molar refractivity (Wildman–Crippen MR) is 108 cm³/mol. The number of hydrogen-bond acceptors (Lipinski definition) is 3. The van der Waals surface area contributed by atoms with Crippen LogP contribution in [0, 0.1) is 0 Å². The van der Waals surface area contributed by atoms with Gasteiger partial charge in [-0.2, -0.15) is 13.2 Å². The molecule has 1 aliphatic rings. The summed E-state index contributed by atoms with van der Waals surface area (Å²) >= 11 is 0. The van der Waals surface area contributed by atoms with E-state index in [2.05, 4.69) is 11.0 Å². The first-order chi connectivity index (χ1) is 14.3. The number of hydrogen-bond donors (Lipinski definition) is 1. The Morgan fingerprint density at radius 2 is 1.83 bits per heavy atom. The fraction of sp³-hybridized carbons (Fsp3) is 0.435. The summed E-state index contributed by atoms with van der Waals surface area (Å²) in [7, 11) is 0. The molecule has 0 atom stereocenters. The van der Waals surface area contributed by atoms with E-state index >= 15 is 0 Å². The van der Waals surface area contributed by atoms with Crippen LogP contribution in [0.4, 0.5) is 13.2 Å². The van der Waals surface area contributed by atoms with Gasteiger partial charge in [-0.1, -0.05) is 30.3 Å². The van der Waals surface area contributed by atoms with E-state index in [0.717, 1.165) is 49.9 Å². The second kappa shape index (κ2) is 9.98. The zero-order valence-corrected chi connectivity index (χ0v) is 16.8. The minimum Gasteiger partial charge on any atom is -0.493 e. The highest BCUT2D eigenvalue weighted by Gasteiger charge is 2.32. The lowest BCUT2D eigenvalue weighted by Crippen LogP contribution is -2.27. The van der Waals surface area contributed by atoms with Crippen molar-refractivity contribution in [3.8, 4) is 5.75 Å². The number of rotatable bonds is 8. The Labute approximate surface area is 174 Å². The molecule has 2 aromatic carbocycles. The van der Waals surface area contributed by atoms with Crippen molar-refractivity contribution in [3.05, 3.63) is 64.7 Å². The second-order valence-corrected chi connectivity index (χ2v) is 7.49. The van der Waals surface area contributed by atoms with E-state index in [1.54, 1.807) is 6.07 Å². The van der Waals surface area contributed by atoms with Crippen molar-refractivity contribution in [1.82, 2.24) is 4.90 Å². The molecule has 0 unspecified atom stereocenters. The van der Waals surface area contributed by atoms with Gasteiger partial charge in [0.1, 0.15) is 5.75 Å². The summed E-state index contributed by atoms with van der Waals surface area (Å²) in [5, 5.41) is 8.81. The highest BCUT2D eigenvalue weighted by molar-refractivity contribution is 5.66. The standard InChI is InChI=1S/C23H26F3NO3/c24-23(25,26)20-7-2-1-5-18(20)12-16-30-21-8-3-6-17-10-14-27(15-11-19(17)21)13-4-9-22(28)29/h1-3,5-8H,4,9-16H2,(H,28,29). The second-order valence-electron chi connectivity index (χ2n) is 7.49. The van der Waals surface area contributed by atoms with Crippen LogP contribution in [0.1, 0.15) is 35.1 Å². The molecule has 1 N–H and O–H groups in total. The third kappa shape index (κ3) is 5.98. The molecule has 4 nitrogen and oxygen atoms in total. The van der Waals surface area contributed by atoms with E-state index in [1.165, 1.54) is 17.7 Å². The van der Waals surface area contributed by atoms with Crippen LogP contribution >= 0.6 is 0 Å². The monoisotopic (exact) mass is 421 g/mol. The minimum absolute atomic E-state index is 0.164. The first kappa shape index (κ1) is 22.2. The highest BCUT2D eigenvalue weighted by atomic mass is 19.4. The van der Waals surface area contributed by atoms with Crippen LogP contribution in [0.25, 0.3) is 0 Å². The van der Waals surface area contributed by atoms with E-state index in [-0.39, 0.29) is 25.0 Å². The number of ether oxygens (including phenoxy) is 1. The first-order valence-corrected chi connectivity index (χ1v) is 10.2. The third-order valence-corrected chi connectivity index (χ3v) is 5.42. The largest absolute Gasteiger partial charge is 0.493 e. The number of nitrogens with zero attached hydrogens (tertiary/aromatic N) is 1. The highest BCUT2D eigenvalue weighted by Crippen LogP contribution is 2.32. The summed E-state index contributed by atoms with van der Waals surface area (Å²) in [6.07, 6.45) is -1.79. The molecule has 1 heterocycles. The summed E-state index contributed by atoms with van der Waals surface area (Å²) in [6, 6.07) is 11.4. The average molecular weight is 421 g/mol. The fourth-order valence-electron chi connectivity index (χ4n) is 3.89. The maximum atomic E-state index is 13.2. The number of carbonyl (C=O) groups is 1. The molecule has 162 valence electrons. The molecule has 0 amide bonds. The van der Waals surface area contributed by atoms with Gasteiger partial charge in [-0.3, -0.25) is 4.79 Å². The molecular formula is C23H26F3NO3. The minimum atomic E-state index is -4.37. The average Bonchev–Trinajstić information content (AvgIpc) is 2.90. The van der Waals surface area contributed by atoms with E-state index in [9.17, 15) is 18.0 Å². The molecule has 3 rings (SSSR count). The van der Waals surface area contributed by atoms with E-state index in [4.69, 9.17) is 9.84 Å². The number of carboxylic acids is 1. The zero-order chi connectivity index (χ0) is 21.6. The Morgan fingerprint density at radius 1 is 1.07 bits per heavy atom. The third-order valence-electron chi connectivity index (χ3n) is 5.42. The number of fused-ring (bicyclic) bond motifs is 1. The Kier molecular flexibility index (Phi) is 7.37. The van der Waals surface area contributed by atoms with Crippen LogP contribution in [-0.2, 0) is 30.2 Å². The summed E-state index contributed by atoms with van der Waals surface area (Å²) in [6.45, 7) is 2.58. The number of alkyl halides is 3. The van der Waals surface area contributed by atoms with E-state index in [1.807, 2.05) is 12.1 Å². The summed E-state index contributed by atoms with van der Waals surface area (Å²) in [4.78, 5) is 13.0. The SMILES string of the molecule is O=C(O)CCCN1CCc2cccc(OCCc3ccccc3C(F)(F)F)c2CC1. The molecule has 0 saturated heterocycles. The zero-order valence-electron chi connectivity index (χ0n) is 16.8. The fourth-order valence-corrected chi connectivity index (χ4v) is 3.89. The first-order valence-electron chi connectivity index (χ1n) is 10.2. The van der Waals surface area contributed by atoms with Gasteiger partial charge < -0.3 is 14.7 Å². The van der Waals surface area contributed by atoms with Crippen molar-refractivity contribution in [1.29, 1.82) is 0 Å². The molecule has 0 bridgehead atoms. The van der Waals surface area contributed by atoms with Crippen LogP contribution in [0.3, 0.4) is 0 Å². The maximum absolute atomic E-state index is 13.2. The molecule has 1 aliphatic heterocycles. The van der Waals surface area contributed by atoms with E-state index in [0.29, 0.717) is 6.42 Å². The summed E-state index contributed by atoms with van der Waals surface area (Å²) in [5.74, 6) is -0.0553. The summed E-state index contributed by atoms with van der Waals surface area (Å²) < 4.78 is 45.4. The van der Waals surface area contributed by atoms with Gasteiger partial charge in [0.25, 0.3) is 0 Å². The topological polar surface area (TPSA) is 49.8 Å². The lowest BCUT2D eigenvalue weighted by atomic mass is 10.0. The molecule has 0 aromatic heterocycles. The molecule has 30 heavy (non-hydrogen) atoms. The van der Waals surface area contributed by atoms with Gasteiger partial charge in [0.15, 0.2) is 0 Å². The van der Waals surface area contributed by atoms with Crippen LogP contribution in [0.2, 0.25) is 0 Å². The van der Waals surface area contributed by atoms with Crippen molar-refractivity contribution in [2.24, 2.45) is 0 Å². The Bertz CT molecular complexity index is 867. The summed E-state index contributed by atoms with van der Waals surface area (Å²) in [5.41, 5.74) is 1.90. The Morgan fingerprint density at radius 3 is 2.60 bits per heavy atom. The Hall–Kier alpha value is -2.54. The smallest absolute Gasteiger partial charge is 0.416 e. The number of benzene rings is 2. The molecule has 0 radical (unpaired) electrons. The normalized spacial score (nSPS) is 14.8. The van der Waals surface area contributed by atoms with Gasteiger partial charge in [-0.15, -0.1) is 0 Å². The molecule has 0 spiro atoms. The number of carboxylic acid groups (broad SMARTS) is 1. The molecular weight excluding hydrogens is 395 g/mol. The molecule has 7 heteroatoms. The number of halogens is 3. The van der Waals surface area contributed by atoms with Crippen LogP contribution < -0.4 is 4.74 Å². The van der Waals surface area contributed by atoms with Gasteiger partial charge >= 0.3 is 12.1 Å². The van der Waals surface area contributed by atoms with Crippen LogP contribution in [0.15, 0.2) is 42.5 Å². The maximum Gasteiger partial charge on any atom is 0.416 e. The van der Waals surface area contributed by atoms with Crippen molar-refractivity contribution >= 4 is 5.97 Å². The van der Waals surface area contributed by atoms with Gasteiger partial charge in [-0.25, -0.2) is 0 Å². The van der Waals surface area contributed by atoms with Gasteiger partial charge in [0.05, 0.1) is 12.2 Å². The molecule has 2 aromatic rings. The van der Waals surface area contributed by atoms with Crippen LogP contribution in [0.5, 0.6) is 5.75 Å². The van der Waals surface area contributed by atoms with Crippen molar-refractivity contribution in [2.75, 3.05) is 26.2 Å². The molecule has 0 saturated carbocycles. The van der Waals surface area contributed by atoms with Gasteiger partial charge in [-0.05, 0) is 54.6 Å². The van der Waals surface area contributed by atoms with Crippen LogP contribution in [-0.4, -0.2) is 42.2 Å². The number of aliphatic carboxylic acids is 1. The Balaban J connectivity index is 1.61. The lowest BCUT2D eigenvalue weighted by molar-refractivity contribution is -0.138. The van der Waals surface area contributed by atoms with E-state index < -0.39 is 17.7 Å².